The van der Waals surface area contributed by atoms with E-state index in [0.717, 1.165) is 22.7 Å². The highest BCUT2D eigenvalue weighted by molar-refractivity contribution is 6.30. The minimum Gasteiger partial charge on any atom is -0.324 e. The fourth-order valence-corrected chi connectivity index (χ4v) is 1.19. The van der Waals surface area contributed by atoms with E-state index in [-0.39, 0.29) is 12.4 Å². The Morgan fingerprint density at radius 2 is 2.17 bits per heavy atom. The number of aryl methyl sites for hydroxylation is 1. The van der Waals surface area contributed by atoms with Gasteiger partial charge in [0.2, 0.25) is 0 Å². The van der Waals surface area contributed by atoms with E-state index in [1.807, 2.05) is 18.2 Å². The minimum absolute atomic E-state index is 0. The molecule has 0 unspecified atom stereocenters. The van der Waals surface area contributed by atoms with E-state index in [2.05, 4.69) is 12.3 Å². The fourth-order valence-electron chi connectivity index (χ4n) is 0.996. The molecule has 68 valence electrons. The second-order valence-corrected chi connectivity index (χ2v) is 2.74. The van der Waals surface area contributed by atoms with Crippen molar-refractivity contribution in [1.82, 2.24) is 0 Å². The van der Waals surface area contributed by atoms with Gasteiger partial charge >= 0.3 is 0 Å². The number of hydrogen-bond acceptors (Lipinski definition) is 2. The van der Waals surface area contributed by atoms with Gasteiger partial charge in [0.05, 0.1) is 5.69 Å². The highest BCUT2D eigenvalue weighted by Gasteiger charge is 1.98. The van der Waals surface area contributed by atoms with Crippen molar-refractivity contribution in [2.45, 2.75) is 13.3 Å². The van der Waals surface area contributed by atoms with Crippen molar-refractivity contribution in [3.8, 4) is 0 Å². The lowest BCUT2D eigenvalue weighted by Crippen LogP contribution is -2.08. The summed E-state index contributed by atoms with van der Waals surface area (Å²) in [6, 6.07) is 5.60. The quantitative estimate of drug-likeness (QED) is 0.577. The number of rotatable bonds is 2. The van der Waals surface area contributed by atoms with Crippen LogP contribution in [0.3, 0.4) is 0 Å². The summed E-state index contributed by atoms with van der Waals surface area (Å²) in [5, 5.41) is 0.751. The molecule has 0 heterocycles. The van der Waals surface area contributed by atoms with Crippen LogP contribution in [0.25, 0.3) is 0 Å². The first-order chi connectivity index (χ1) is 5.27. The predicted molar refractivity (Wildman–Crippen MR) is 55.9 cm³/mol. The molecule has 0 saturated carbocycles. The molecule has 0 aliphatic heterocycles. The Morgan fingerprint density at radius 1 is 1.50 bits per heavy atom. The summed E-state index contributed by atoms with van der Waals surface area (Å²) in [5.41, 5.74) is 4.70. The summed E-state index contributed by atoms with van der Waals surface area (Å²) < 4.78 is 0. The van der Waals surface area contributed by atoms with Crippen LogP contribution in [0.1, 0.15) is 12.5 Å². The Hall–Kier alpha value is -0.440. The van der Waals surface area contributed by atoms with E-state index in [4.69, 9.17) is 17.4 Å². The van der Waals surface area contributed by atoms with Crippen LogP contribution in [-0.4, -0.2) is 0 Å². The van der Waals surface area contributed by atoms with Gasteiger partial charge in [0.25, 0.3) is 0 Å². The highest BCUT2D eigenvalue weighted by Crippen LogP contribution is 2.19. The Kier molecular flexibility index (Phi) is 5.06. The molecule has 3 N–H and O–H groups in total. The molecule has 1 aromatic carbocycles. The summed E-state index contributed by atoms with van der Waals surface area (Å²) >= 11 is 5.78. The van der Waals surface area contributed by atoms with Gasteiger partial charge in [-0.05, 0) is 30.2 Å². The van der Waals surface area contributed by atoms with E-state index >= 15 is 0 Å². The van der Waals surface area contributed by atoms with Crippen LogP contribution >= 0.6 is 24.0 Å². The summed E-state index contributed by atoms with van der Waals surface area (Å²) in [6.45, 7) is 2.06. The molecule has 0 spiro atoms. The standard InChI is InChI=1S/C8H11ClN2.ClH/c1-2-6-5-7(9)3-4-8(6)11-10;/h3-5,11H,2,10H2,1H3;1H. The Morgan fingerprint density at radius 3 is 2.67 bits per heavy atom. The van der Waals surface area contributed by atoms with Gasteiger partial charge in [-0.15, -0.1) is 12.4 Å². The number of anilines is 1. The molecule has 0 aromatic heterocycles. The van der Waals surface area contributed by atoms with Crippen LogP contribution in [0, 0.1) is 0 Å². The maximum Gasteiger partial charge on any atom is 0.0517 e. The van der Waals surface area contributed by atoms with Crippen LogP contribution in [0.15, 0.2) is 18.2 Å². The molecular formula is C8H12Cl2N2. The maximum atomic E-state index is 5.78. The monoisotopic (exact) mass is 206 g/mol. The Bertz CT molecular complexity index is 251. The van der Waals surface area contributed by atoms with Crippen molar-refractivity contribution >= 4 is 29.7 Å². The van der Waals surface area contributed by atoms with Crippen LogP contribution in [0.5, 0.6) is 0 Å². The molecular weight excluding hydrogens is 195 g/mol. The van der Waals surface area contributed by atoms with Crippen molar-refractivity contribution in [3.63, 3.8) is 0 Å². The fraction of sp³-hybridized carbons (Fsp3) is 0.250. The van der Waals surface area contributed by atoms with Gasteiger partial charge in [0.1, 0.15) is 0 Å². The van der Waals surface area contributed by atoms with Crippen LogP contribution in [0.4, 0.5) is 5.69 Å². The van der Waals surface area contributed by atoms with Gasteiger partial charge in [-0.25, -0.2) is 0 Å². The molecule has 0 aliphatic carbocycles. The van der Waals surface area contributed by atoms with E-state index < -0.39 is 0 Å². The lowest BCUT2D eigenvalue weighted by molar-refractivity contribution is 1.13. The lowest BCUT2D eigenvalue weighted by Gasteiger charge is -2.05. The molecule has 0 atom stereocenters. The molecule has 0 saturated heterocycles. The van der Waals surface area contributed by atoms with Crippen LogP contribution in [0.2, 0.25) is 5.02 Å². The van der Waals surface area contributed by atoms with Crippen molar-refractivity contribution in [3.05, 3.63) is 28.8 Å². The molecule has 4 heteroatoms. The predicted octanol–water partition coefficient (Wildman–Crippen LogP) is 2.61. The second kappa shape index (κ2) is 5.25. The third-order valence-electron chi connectivity index (χ3n) is 1.60. The maximum absolute atomic E-state index is 5.78. The highest BCUT2D eigenvalue weighted by atomic mass is 35.5. The second-order valence-electron chi connectivity index (χ2n) is 2.30. The molecule has 1 rings (SSSR count). The van der Waals surface area contributed by atoms with Crippen molar-refractivity contribution in [1.29, 1.82) is 0 Å². The van der Waals surface area contributed by atoms with Crippen LogP contribution < -0.4 is 11.3 Å². The molecule has 0 radical (unpaired) electrons. The van der Waals surface area contributed by atoms with E-state index in [0.29, 0.717) is 0 Å². The summed E-state index contributed by atoms with van der Waals surface area (Å²) in [6.07, 6.45) is 0.931. The first-order valence-electron chi connectivity index (χ1n) is 3.53. The molecule has 0 bridgehead atoms. The van der Waals surface area contributed by atoms with Crippen molar-refractivity contribution in [2.75, 3.05) is 5.43 Å². The number of hydrogen-bond donors (Lipinski definition) is 2. The average molecular weight is 207 g/mol. The lowest BCUT2D eigenvalue weighted by atomic mass is 10.1. The van der Waals surface area contributed by atoms with E-state index in [1.54, 1.807) is 0 Å². The van der Waals surface area contributed by atoms with Gasteiger partial charge in [-0.1, -0.05) is 18.5 Å². The molecule has 0 aliphatic rings. The molecule has 2 nitrogen and oxygen atoms in total. The van der Waals surface area contributed by atoms with Crippen molar-refractivity contribution in [2.24, 2.45) is 5.84 Å². The number of halogens is 2. The zero-order valence-corrected chi connectivity index (χ0v) is 8.38. The van der Waals surface area contributed by atoms with Gasteiger partial charge in [0.15, 0.2) is 0 Å². The van der Waals surface area contributed by atoms with Gasteiger partial charge in [-0.3, -0.25) is 5.84 Å². The number of nitrogen functional groups attached to an aromatic ring is 1. The molecule has 0 amide bonds. The third kappa shape index (κ3) is 2.55. The first kappa shape index (κ1) is 11.6. The number of nitrogens with two attached hydrogens (primary N) is 1. The summed E-state index contributed by atoms with van der Waals surface area (Å²) in [7, 11) is 0. The zero-order chi connectivity index (χ0) is 8.27. The van der Waals surface area contributed by atoms with Gasteiger partial charge in [-0.2, -0.15) is 0 Å². The van der Waals surface area contributed by atoms with E-state index in [1.165, 1.54) is 0 Å². The third-order valence-corrected chi connectivity index (χ3v) is 1.84. The summed E-state index contributed by atoms with van der Waals surface area (Å²) in [5.74, 6) is 5.28. The smallest absolute Gasteiger partial charge is 0.0517 e. The SMILES string of the molecule is CCc1cc(Cl)ccc1NN.Cl. The number of nitrogens with one attached hydrogen (secondary N) is 1. The normalized spacial score (nSPS) is 8.92. The van der Waals surface area contributed by atoms with Crippen LogP contribution in [-0.2, 0) is 6.42 Å². The molecule has 0 fully saturated rings. The Labute approximate surface area is 83.5 Å². The number of hydrazine groups is 1. The minimum atomic E-state index is 0. The summed E-state index contributed by atoms with van der Waals surface area (Å²) in [4.78, 5) is 0. The molecule has 1 aromatic rings. The Balaban J connectivity index is 0.00000121. The van der Waals surface area contributed by atoms with E-state index in [9.17, 15) is 0 Å². The largest absolute Gasteiger partial charge is 0.324 e. The zero-order valence-electron chi connectivity index (χ0n) is 6.80. The van der Waals surface area contributed by atoms with Gasteiger partial charge < -0.3 is 5.43 Å². The first-order valence-corrected chi connectivity index (χ1v) is 3.90. The number of benzene rings is 1. The van der Waals surface area contributed by atoms with Crippen molar-refractivity contribution < 1.29 is 0 Å². The average Bonchev–Trinajstić information content (AvgIpc) is 2.04. The van der Waals surface area contributed by atoms with Gasteiger partial charge in [0, 0.05) is 5.02 Å². The molecule has 12 heavy (non-hydrogen) atoms. The topological polar surface area (TPSA) is 38.0 Å².